The first-order chi connectivity index (χ1) is 13.2. The van der Waals surface area contributed by atoms with Gasteiger partial charge in [0.15, 0.2) is 0 Å². The molecule has 27 heavy (non-hydrogen) atoms. The van der Waals surface area contributed by atoms with Crippen LogP contribution < -0.4 is 0 Å². The monoisotopic (exact) mass is 398 g/mol. The standard InChI is InChI=1S/C20H19ClN4OS/c21-19-7-6-16(27-19)14-24-9-11-25(12-10-24)20(26)8-5-15-13-22-17-3-1-2-4-18(17)23-15/h1-8,13H,9-12,14H2/b8-5+. The number of carbonyl (C=O) groups is 1. The summed E-state index contributed by atoms with van der Waals surface area (Å²) in [5.41, 5.74) is 2.37. The minimum absolute atomic E-state index is 0.0174. The SMILES string of the molecule is O=C(/C=C/c1cnc2ccccc2n1)N1CCN(Cc2ccc(Cl)s2)CC1. The van der Waals surface area contributed by atoms with Gasteiger partial charge in [0.05, 0.1) is 27.3 Å². The summed E-state index contributed by atoms with van der Waals surface area (Å²) in [4.78, 5) is 26.8. The summed E-state index contributed by atoms with van der Waals surface area (Å²) in [6, 6.07) is 11.7. The van der Waals surface area contributed by atoms with Crippen molar-refractivity contribution in [2.45, 2.75) is 6.54 Å². The van der Waals surface area contributed by atoms with E-state index in [0.717, 1.165) is 48.1 Å². The third-order valence-corrected chi connectivity index (χ3v) is 5.77. The van der Waals surface area contributed by atoms with E-state index in [4.69, 9.17) is 11.6 Å². The topological polar surface area (TPSA) is 49.3 Å². The Kier molecular flexibility index (Phi) is 5.48. The van der Waals surface area contributed by atoms with Crippen molar-refractivity contribution >= 4 is 46.0 Å². The van der Waals surface area contributed by atoms with Gasteiger partial charge in [0.2, 0.25) is 5.91 Å². The molecule has 1 saturated heterocycles. The summed E-state index contributed by atoms with van der Waals surface area (Å²) in [5.74, 6) is 0.0174. The van der Waals surface area contributed by atoms with E-state index in [-0.39, 0.29) is 5.91 Å². The van der Waals surface area contributed by atoms with E-state index >= 15 is 0 Å². The van der Waals surface area contributed by atoms with Crippen molar-refractivity contribution in [3.63, 3.8) is 0 Å². The van der Waals surface area contributed by atoms with Crippen molar-refractivity contribution in [2.24, 2.45) is 0 Å². The highest BCUT2D eigenvalue weighted by Gasteiger charge is 2.20. The van der Waals surface area contributed by atoms with Crippen LogP contribution in [0.15, 0.2) is 48.7 Å². The van der Waals surface area contributed by atoms with Crippen molar-refractivity contribution in [1.82, 2.24) is 19.8 Å². The van der Waals surface area contributed by atoms with Crippen LogP contribution in [-0.2, 0) is 11.3 Å². The number of benzene rings is 1. The minimum atomic E-state index is 0.0174. The lowest BCUT2D eigenvalue weighted by atomic mass is 10.2. The largest absolute Gasteiger partial charge is 0.337 e. The Bertz CT molecular complexity index is 979. The van der Waals surface area contributed by atoms with E-state index < -0.39 is 0 Å². The zero-order valence-electron chi connectivity index (χ0n) is 14.7. The lowest BCUT2D eigenvalue weighted by Gasteiger charge is -2.33. The number of halogens is 1. The zero-order chi connectivity index (χ0) is 18.6. The maximum Gasteiger partial charge on any atom is 0.246 e. The Labute approximate surface area is 166 Å². The molecule has 3 aromatic rings. The molecule has 1 fully saturated rings. The molecule has 1 amide bonds. The highest BCUT2D eigenvalue weighted by molar-refractivity contribution is 7.16. The van der Waals surface area contributed by atoms with E-state index in [9.17, 15) is 4.79 Å². The Balaban J connectivity index is 1.32. The fourth-order valence-electron chi connectivity index (χ4n) is 3.10. The summed E-state index contributed by atoms with van der Waals surface area (Å²) in [5, 5.41) is 0. The van der Waals surface area contributed by atoms with Crippen LogP contribution in [0.5, 0.6) is 0 Å². The van der Waals surface area contributed by atoms with E-state index in [1.54, 1.807) is 29.7 Å². The van der Waals surface area contributed by atoms with Crippen LogP contribution in [0.1, 0.15) is 10.6 Å². The molecular formula is C20H19ClN4OS. The van der Waals surface area contributed by atoms with Crippen LogP contribution in [0.2, 0.25) is 4.34 Å². The lowest BCUT2D eigenvalue weighted by Crippen LogP contribution is -2.47. The number of thiophene rings is 1. The van der Waals surface area contributed by atoms with Gasteiger partial charge in [-0.1, -0.05) is 23.7 Å². The molecule has 2 aromatic heterocycles. The van der Waals surface area contributed by atoms with Crippen molar-refractivity contribution in [3.05, 3.63) is 63.6 Å². The first kappa shape index (κ1) is 18.1. The zero-order valence-corrected chi connectivity index (χ0v) is 16.3. The number of rotatable bonds is 4. The molecule has 0 aliphatic carbocycles. The number of para-hydroxylation sites is 2. The Morgan fingerprint density at radius 3 is 2.63 bits per heavy atom. The number of hydrogen-bond acceptors (Lipinski definition) is 5. The molecule has 3 heterocycles. The van der Waals surface area contributed by atoms with Gasteiger partial charge in [0.1, 0.15) is 0 Å². The van der Waals surface area contributed by atoms with Gasteiger partial charge in [-0.3, -0.25) is 14.7 Å². The third kappa shape index (κ3) is 4.53. The van der Waals surface area contributed by atoms with Gasteiger partial charge in [0.25, 0.3) is 0 Å². The summed E-state index contributed by atoms with van der Waals surface area (Å²) in [7, 11) is 0. The molecule has 0 saturated carbocycles. The summed E-state index contributed by atoms with van der Waals surface area (Å²) in [6.07, 6.45) is 5.02. The fraction of sp³-hybridized carbons (Fsp3) is 0.250. The maximum atomic E-state index is 12.5. The highest BCUT2D eigenvalue weighted by Crippen LogP contribution is 2.23. The van der Waals surface area contributed by atoms with Crippen molar-refractivity contribution in [3.8, 4) is 0 Å². The molecular weight excluding hydrogens is 380 g/mol. The fourth-order valence-corrected chi connectivity index (χ4v) is 4.23. The van der Waals surface area contributed by atoms with E-state index in [2.05, 4.69) is 20.9 Å². The normalized spacial score (nSPS) is 15.7. The predicted molar refractivity (Wildman–Crippen MR) is 110 cm³/mol. The number of hydrogen-bond donors (Lipinski definition) is 0. The second-order valence-electron chi connectivity index (χ2n) is 6.42. The van der Waals surface area contributed by atoms with Gasteiger partial charge in [-0.15, -0.1) is 11.3 Å². The molecule has 0 radical (unpaired) electrons. The summed E-state index contributed by atoms with van der Waals surface area (Å²) < 4.78 is 0.820. The molecule has 1 aliphatic rings. The molecule has 138 valence electrons. The summed E-state index contributed by atoms with van der Waals surface area (Å²) in [6.45, 7) is 4.08. The first-order valence-electron chi connectivity index (χ1n) is 8.83. The molecule has 5 nitrogen and oxygen atoms in total. The summed E-state index contributed by atoms with van der Waals surface area (Å²) >= 11 is 7.60. The molecule has 4 rings (SSSR count). The average molecular weight is 399 g/mol. The molecule has 1 aliphatic heterocycles. The first-order valence-corrected chi connectivity index (χ1v) is 10.0. The van der Waals surface area contributed by atoms with Crippen LogP contribution in [0.3, 0.4) is 0 Å². The molecule has 0 atom stereocenters. The Hall–Kier alpha value is -2.28. The number of fused-ring (bicyclic) bond motifs is 1. The number of aromatic nitrogens is 2. The number of carbonyl (C=O) groups excluding carboxylic acids is 1. The molecule has 7 heteroatoms. The van der Waals surface area contributed by atoms with Crippen LogP contribution in [0, 0.1) is 0 Å². The lowest BCUT2D eigenvalue weighted by molar-refractivity contribution is -0.127. The van der Waals surface area contributed by atoms with Gasteiger partial charge in [-0.2, -0.15) is 0 Å². The quantitative estimate of drug-likeness (QED) is 0.629. The van der Waals surface area contributed by atoms with Crippen molar-refractivity contribution < 1.29 is 4.79 Å². The minimum Gasteiger partial charge on any atom is -0.337 e. The second-order valence-corrected chi connectivity index (χ2v) is 8.22. The van der Waals surface area contributed by atoms with E-state index in [1.807, 2.05) is 35.2 Å². The molecule has 0 unspecified atom stereocenters. The highest BCUT2D eigenvalue weighted by atomic mass is 35.5. The Morgan fingerprint density at radius 2 is 1.89 bits per heavy atom. The van der Waals surface area contributed by atoms with Crippen LogP contribution in [0.25, 0.3) is 17.1 Å². The van der Waals surface area contributed by atoms with Gasteiger partial charge in [-0.25, -0.2) is 4.98 Å². The van der Waals surface area contributed by atoms with Gasteiger partial charge >= 0.3 is 0 Å². The smallest absolute Gasteiger partial charge is 0.246 e. The third-order valence-electron chi connectivity index (χ3n) is 4.56. The number of nitrogens with zero attached hydrogens (tertiary/aromatic N) is 4. The van der Waals surface area contributed by atoms with E-state index in [0.29, 0.717) is 5.69 Å². The van der Waals surface area contributed by atoms with Crippen LogP contribution in [0.4, 0.5) is 0 Å². The maximum absolute atomic E-state index is 12.5. The predicted octanol–water partition coefficient (Wildman–Crippen LogP) is 3.70. The van der Waals surface area contributed by atoms with Gasteiger partial charge in [-0.05, 0) is 30.3 Å². The average Bonchev–Trinajstić information content (AvgIpc) is 3.11. The second kappa shape index (κ2) is 8.17. The number of piperazine rings is 1. The number of amides is 1. The van der Waals surface area contributed by atoms with Crippen molar-refractivity contribution in [1.29, 1.82) is 0 Å². The Morgan fingerprint density at radius 1 is 1.11 bits per heavy atom. The van der Waals surface area contributed by atoms with Crippen molar-refractivity contribution in [2.75, 3.05) is 26.2 Å². The van der Waals surface area contributed by atoms with Gasteiger partial charge in [0, 0.05) is 43.7 Å². The molecule has 0 bridgehead atoms. The molecule has 1 aromatic carbocycles. The van der Waals surface area contributed by atoms with Gasteiger partial charge < -0.3 is 4.90 Å². The van der Waals surface area contributed by atoms with E-state index in [1.165, 1.54) is 4.88 Å². The van der Waals surface area contributed by atoms with Crippen LogP contribution >= 0.6 is 22.9 Å². The molecule has 0 spiro atoms. The van der Waals surface area contributed by atoms with Crippen LogP contribution in [-0.4, -0.2) is 51.9 Å². The molecule has 0 N–H and O–H groups in total.